The third-order valence-electron chi connectivity index (χ3n) is 5.68. The Morgan fingerprint density at radius 1 is 0.778 bits per heavy atom. The summed E-state index contributed by atoms with van der Waals surface area (Å²) in [4.78, 5) is 12.7. The van der Waals surface area contributed by atoms with Crippen molar-refractivity contribution in [2.45, 2.75) is 52.4 Å². The van der Waals surface area contributed by atoms with E-state index in [2.05, 4.69) is 41.0 Å². The van der Waals surface area contributed by atoms with Gasteiger partial charge in [0.1, 0.15) is 0 Å². The van der Waals surface area contributed by atoms with Crippen molar-refractivity contribution in [3.63, 3.8) is 0 Å². The second-order valence-electron chi connectivity index (χ2n) is 10.8. The van der Waals surface area contributed by atoms with Crippen molar-refractivity contribution in [2.75, 3.05) is 5.73 Å². The van der Waals surface area contributed by atoms with Gasteiger partial charge in [-0.3, -0.25) is 0 Å². The van der Waals surface area contributed by atoms with Gasteiger partial charge in [-0.1, -0.05) is 71.9 Å². The van der Waals surface area contributed by atoms with Crippen LogP contribution in [0.3, 0.4) is 0 Å². The molecule has 5 rings (SSSR count). The number of nitrogens with zero attached hydrogens (tertiary/aromatic N) is 8. The van der Waals surface area contributed by atoms with E-state index in [0.29, 0.717) is 29.2 Å². The molecule has 0 saturated carbocycles. The van der Waals surface area contributed by atoms with E-state index < -0.39 is 0 Å². The molecule has 3 heterocycles. The standard InChI is InChI=1S/C26H30N10/c1-25(2,3)20-19(21(27)35(33-20)16-12-8-7-9-13-16)31-32-24-30-22(26(4,5)6)34-36(24)23-28-17-14-10-11-15-18(17)29-23/h7-15H,27H2,1-6H3,(H,28,29)/b32-31+. The smallest absolute Gasteiger partial charge is 0.275 e. The average molecular weight is 483 g/mol. The van der Waals surface area contributed by atoms with Gasteiger partial charge >= 0.3 is 0 Å². The molecule has 184 valence electrons. The Labute approximate surface area is 209 Å². The van der Waals surface area contributed by atoms with Crippen LogP contribution in [0.1, 0.15) is 53.1 Å². The number of fused-ring (bicyclic) bond motifs is 1. The molecule has 3 N–H and O–H groups in total. The van der Waals surface area contributed by atoms with Gasteiger partial charge in [-0.05, 0) is 24.3 Å². The highest BCUT2D eigenvalue weighted by Crippen LogP contribution is 2.38. The number of H-pyrrole nitrogens is 1. The van der Waals surface area contributed by atoms with E-state index in [-0.39, 0.29) is 10.8 Å². The number of benzene rings is 2. The molecule has 0 saturated heterocycles. The largest absolute Gasteiger partial charge is 0.382 e. The molecule has 0 fully saturated rings. The van der Waals surface area contributed by atoms with Gasteiger partial charge < -0.3 is 10.7 Å². The van der Waals surface area contributed by atoms with Gasteiger partial charge in [-0.2, -0.15) is 14.8 Å². The maximum absolute atomic E-state index is 6.56. The SMILES string of the molecule is CC(C)(C)c1nc(/N=N/c2c(C(C)(C)C)nn(-c3ccccc3)c2N)n(-c2nc3ccccc3[nH]2)n1. The minimum Gasteiger partial charge on any atom is -0.382 e. The normalized spacial score (nSPS) is 12.7. The number of hydrogen-bond acceptors (Lipinski definition) is 7. The van der Waals surface area contributed by atoms with Crippen LogP contribution in [0.5, 0.6) is 0 Å². The van der Waals surface area contributed by atoms with Crippen LogP contribution < -0.4 is 5.73 Å². The molecule has 10 heteroatoms. The number of anilines is 1. The molecule has 10 nitrogen and oxygen atoms in total. The van der Waals surface area contributed by atoms with E-state index in [1.54, 1.807) is 9.36 Å². The molecule has 0 aliphatic rings. The molecular formula is C26H30N10. The summed E-state index contributed by atoms with van der Waals surface area (Å²) in [7, 11) is 0. The zero-order valence-corrected chi connectivity index (χ0v) is 21.4. The van der Waals surface area contributed by atoms with Crippen molar-refractivity contribution in [3.05, 3.63) is 66.1 Å². The van der Waals surface area contributed by atoms with E-state index in [9.17, 15) is 0 Å². The van der Waals surface area contributed by atoms with Crippen molar-refractivity contribution in [1.29, 1.82) is 0 Å². The fourth-order valence-electron chi connectivity index (χ4n) is 3.76. The second kappa shape index (κ2) is 8.40. The van der Waals surface area contributed by atoms with E-state index in [1.165, 1.54) is 0 Å². The Hall–Kier alpha value is -4.34. The van der Waals surface area contributed by atoms with Crippen molar-refractivity contribution >= 4 is 28.5 Å². The summed E-state index contributed by atoms with van der Waals surface area (Å²) in [6.07, 6.45) is 0. The summed E-state index contributed by atoms with van der Waals surface area (Å²) >= 11 is 0. The number of aromatic amines is 1. The van der Waals surface area contributed by atoms with Crippen molar-refractivity contribution in [2.24, 2.45) is 10.2 Å². The predicted octanol–water partition coefficient (Wildman–Crippen LogP) is 5.92. The van der Waals surface area contributed by atoms with Crippen LogP contribution in [0, 0.1) is 0 Å². The zero-order chi connectivity index (χ0) is 25.7. The quantitative estimate of drug-likeness (QED) is 0.307. The highest BCUT2D eigenvalue weighted by Gasteiger charge is 2.28. The van der Waals surface area contributed by atoms with Crippen LogP contribution in [-0.4, -0.2) is 34.5 Å². The number of aromatic nitrogens is 7. The van der Waals surface area contributed by atoms with Gasteiger partial charge in [0.05, 0.1) is 22.4 Å². The molecule has 36 heavy (non-hydrogen) atoms. The van der Waals surface area contributed by atoms with Gasteiger partial charge in [0.2, 0.25) is 5.95 Å². The summed E-state index contributed by atoms with van der Waals surface area (Å²) < 4.78 is 3.28. The summed E-state index contributed by atoms with van der Waals surface area (Å²) in [6, 6.07) is 17.5. The first kappa shape index (κ1) is 23.4. The van der Waals surface area contributed by atoms with E-state index in [4.69, 9.17) is 20.9 Å². The molecule has 0 amide bonds. The van der Waals surface area contributed by atoms with Crippen LogP contribution >= 0.6 is 0 Å². The van der Waals surface area contributed by atoms with Crippen LogP contribution in [-0.2, 0) is 10.8 Å². The lowest BCUT2D eigenvalue weighted by Gasteiger charge is -2.15. The molecule has 2 aromatic carbocycles. The third kappa shape index (κ3) is 4.26. The van der Waals surface area contributed by atoms with Crippen LogP contribution in [0.4, 0.5) is 17.5 Å². The lowest BCUT2D eigenvalue weighted by molar-refractivity contribution is 0.542. The Bertz CT molecular complexity index is 1520. The molecule has 0 bridgehead atoms. The summed E-state index contributed by atoms with van der Waals surface area (Å²) in [5.41, 5.74) is 9.75. The van der Waals surface area contributed by atoms with Gasteiger partial charge in [-0.25, -0.2) is 9.67 Å². The first-order chi connectivity index (χ1) is 17.0. The predicted molar refractivity (Wildman–Crippen MR) is 141 cm³/mol. The zero-order valence-electron chi connectivity index (χ0n) is 21.4. The minimum absolute atomic E-state index is 0.296. The van der Waals surface area contributed by atoms with Crippen molar-refractivity contribution < 1.29 is 0 Å². The molecule has 5 aromatic rings. The lowest BCUT2D eigenvalue weighted by Crippen LogP contribution is -2.14. The van der Waals surface area contributed by atoms with E-state index in [1.807, 2.05) is 75.4 Å². The topological polar surface area (TPSA) is 128 Å². The lowest BCUT2D eigenvalue weighted by atomic mass is 9.91. The monoisotopic (exact) mass is 482 g/mol. The fourth-order valence-corrected chi connectivity index (χ4v) is 3.76. The first-order valence-electron chi connectivity index (χ1n) is 11.8. The molecular weight excluding hydrogens is 452 g/mol. The van der Waals surface area contributed by atoms with Gasteiger partial charge in [-0.15, -0.1) is 15.3 Å². The Balaban J connectivity index is 1.64. The van der Waals surface area contributed by atoms with Crippen molar-refractivity contribution in [1.82, 2.24) is 34.5 Å². The van der Waals surface area contributed by atoms with E-state index in [0.717, 1.165) is 22.4 Å². The number of nitrogen functional groups attached to an aromatic ring is 1. The van der Waals surface area contributed by atoms with Crippen LogP contribution in [0.25, 0.3) is 22.7 Å². The number of rotatable bonds is 4. The number of para-hydroxylation sites is 3. The van der Waals surface area contributed by atoms with Crippen molar-refractivity contribution in [3.8, 4) is 11.6 Å². The summed E-state index contributed by atoms with van der Waals surface area (Å²) in [6.45, 7) is 12.3. The van der Waals surface area contributed by atoms with Crippen LogP contribution in [0.2, 0.25) is 0 Å². The number of nitrogens with two attached hydrogens (primary N) is 1. The van der Waals surface area contributed by atoms with E-state index >= 15 is 0 Å². The minimum atomic E-state index is -0.314. The number of hydrogen-bond donors (Lipinski definition) is 2. The molecule has 0 radical (unpaired) electrons. The molecule has 0 spiro atoms. The Kier molecular flexibility index (Phi) is 5.46. The Morgan fingerprint density at radius 2 is 1.47 bits per heavy atom. The molecule has 0 aliphatic heterocycles. The first-order valence-corrected chi connectivity index (χ1v) is 11.8. The summed E-state index contributed by atoms with van der Waals surface area (Å²) in [5, 5.41) is 18.6. The highest BCUT2D eigenvalue weighted by atomic mass is 15.5. The fraction of sp³-hybridized carbons (Fsp3) is 0.308. The van der Waals surface area contributed by atoms with Crippen LogP contribution in [0.15, 0.2) is 64.8 Å². The maximum atomic E-state index is 6.56. The number of nitrogens with one attached hydrogen (secondary N) is 1. The number of imidazole rings is 1. The molecule has 3 aromatic heterocycles. The number of azo groups is 1. The molecule has 0 atom stereocenters. The third-order valence-corrected chi connectivity index (χ3v) is 5.68. The maximum Gasteiger partial charge on any atom is 0.275 e. The average Bonchev–Trinajstić information content (AvgIpc) is 3.52. The second-order valence-corrected chi connectivity index (χ2v) is 10.8. The Morgan fingerprint density at radius 3 is 2.14 bits per heavy atom. The molecule has 0 unspecified atom stereocenters. The van der Waals surface area contributed by atoms with Gasteiger partial charge in [0, 0.05) is 10.8 Å². The molecule has 0 aliphatic carbocycles. The summed E-state index contributed by atoms with van der Waals surface area (Å²) in [5.74, 6) is 1.84. The van der Waals surface area contributed by atoms with Gasteiger partial charge in [0.25, 0.3) is 5.95 Å². The highest BCUT2D eigenvalue weighted by molar-refractivity contribution is 5.76. The van der Waals surface area contributed by atoms with Gasteiger partial charge in [0.15, 0.2) is 17.3 Å².